The van der Waals surface area contributed by atoms with Crippen LogP contribution in [-0.4, -0.2) is 74.9 Å². The molecule has 2 aromatic heterocycles. The van der Waals surface area contributed by atoms with Gasteiger partial charge in [-0.1, -0.05) is 0 Å². The highest BCUT2D eigenvalue weighted by Crippen LogP contribution is 2.28. The Labute approximate surface area is 228 Å². The summed E-state index contributed by atoms with van der Waals surface area (Å²) in [5.74, 6) is -3.78. The third-order valence-corrected chi connectivity index (χ3v) is 6.87. The largest absolute Gasteiger partial charge is 0.497 e. The number of ether oxygens (including phenoxy) is 1. The molecule has 0 unspecified atom stereocenters. The standard InChI is InChI=1S/C26H28F2N4O2.C2H2O4/c1-34-18-2-5-24-20(13-18)19(6-9-29-24)25(33)15-32-10-7-16(8-11-32)30-14-17-12-21-22(27)3-4-23(28)26(21)31-17;3-1(4)2(5)6/h2-6,9,12-13,16,25,30-31,33H,7-8,10-11,14-15H2,1H3;(H,3,4)(H,5,6)/t25-;/m0./s1. The molecule has 40 heavy (non-hydrogen) atoms. The smallest absolute Gasteiger partial charge is 0.414 e. The summed E-state index contributed by atoms with van der Waals surface area (Å²) in [4.78, 5) is 27.8. The first-order chi connectivity index (χ1) is 19.2. The number of methoxy groups -OCH3 is 1. The van der Waals surface area contributed by atoms with Crippen LogP contribution in [0, 0.1) is 11.6 Å². The Kier molecular flexibility index (Phi) is 9.25. The molecule has 1 aliphatic heterocycles. The summed E-state index contributed by atoms with van der Waals surface area (Å²) < 4.78 is 33.2. The van der Waals surface area contributed by atoms with Crippen LogP contribution in [0.4, 0.5) is 8.78 Å². The number of carbonyl (C=O) groups is 2. The van der Waals surface area contributed by atoms with Crippen LogP contribution in [0.25, 0.3) is 21.8 Å². The van der Waals surface area contributed by atoms with Crippen LogP contribution in [0.5, 0.6) is 5.75 Å². The maximum Gasteiger partial charge on any atom is 0.414 e. The fraction of sp³-hybridized carbons (Fsp3) is 0.321. The van der Waals surface area contributed by atoms with Gasteiger partial charge in [-0.05, 0) is 74.0 Å². The molecule has 1 aliphatic rings. The second kappa shape index (κ2) is 12.8. The number of carboxylic acid groups (broad SMARTS) is 2. The van der Waals surface area contributed by atoms with E-state index >= 15 is 0 Å². The highest BCUT2D eigenvalue weighted by molar-refractivity contribution is 6.27. The second-order valence-corrected chi connectivity index (χ2v) is 9.48. The minimum absolute atomic E-state index is 0.210. The fourth-order valence-corrected chi connectivity index (χ4v) is 4.78. The Morgan fingerprint density at radius 2 is 1.77 bits per heavy atom. The maximum absolute atomic E-state index is 13.9. The van der Waals surface area contributed by atoms with Crippen LogP contribution in [0.1, 0.15) is 30.2 Å². The quantitative estimate of drug-likeness (QED) is 0.216. The molecule has 0 aliphatic carbocycles. The van der Waals surface area contributed by atoms with Crippen molar-refractivity contribution in [2.24, 2.45) is 0 Å². The predicted octanol–water partition coefficient (Wildman–Crippen LogP) is 3.45. The van der Waals surface area contributed by atoms with E-state index in [0.717, 1.165) is 66.0 Å². The monoisotopic (exact) mass is 556 g/mol. The zero-order chi connectivity index (χ0) is 28.8. The molecule has 4 aromatic rings. The number of aromatic amines is 1. The average molecular weight is 557 g/mol. The molecule has 12 heteroatoms. The van der Waals surface area contributed by atoms with Gasteiger partial charge in [0.05, 0.1) is 24.2 Å². The van der Waals surface area contributed by atoms with Crippen LogP contribution in [0.15, 0.2) is 48.7 Å². The van der Waals surface area contributed by atoms with E-state index in [9.17, 15) is 13.9 Å². The van der Waals surface area contributed by atoms with E-state index in [-0.39, 0.29) is 10.9 Å². The van der Waals surface area contributed by atoms with Gasteiger partial charge >= 0.3 is 11.9 Å². The Bertz CT molecular complexity index is 1450. The molecular weight excluding hydrogens is 526 g/mol. The average Bonchev–Trinajstić information content (AvgIpc) is 3.40. The second-order valence-electron chi connectivity index (χ2n) is 9.48. The zero-order valence-electron chi connectivity index (χ0n) is 21.7. The maximum atomic E-state index is 13.9. The molecule has 0 spiro atoms. The lowest BCUT2D eigenvalue weighted by molar-refractivity contribution is -0.159. The summed E-state index contributed by atoms with van der Waals surface area (Å²) >= 11 is 0. The minimum atomic E-state index is -1.82. The summed E-state index contributed by atoms with van der Waals surface area (Å²) in [5.41, 5.74) is 2.65. The SMILES string of the molecule is COc1ccc2nccc([C@@H](O)CN3CCC(NCc4cc5c(F)ccc(F)c5[nH]4)CC3)c2c1.O=C(O)C(=O)O. The van der Waals surface area contributed by atoms with E-state index in [1.54, 1.807) is 19.4 Å². The number of hydrogen-bond acceptors (Lipinski definition) is 7. The van der Waals surface area contributed by atoms with Gasteiger partial charge in [0.15, 0.2) is 0 Å². The highest BCUT2D eigenvalue weighted by Gasteiger charge is 2.23. The minimum Gasteiger partial charge on any atom is -0.497 e. The van der Waals surface area contributed by atoms with E-state index < -0.39 is 29.7 Å². The molecule has 10 nitrogen and oxygen atoms in total. The highest BCUT2D eigenvalue weighted by atomic mass is 19.1. The van der Waals surface area contributed by atoms with Crippen molar-refractivity contribution in [1.82, 2.24) is 20.2 Å². The van der Waals surface area contributed by atoms with Crippen molar-refractivity contribution in [3.8, 4) is 5.75 Å². The number of rotatable bonds is 7. The number of nitrogens with one attached hydrogen (secondary N) is 2. The first kappa shape index (κ1) is 28.9. The van der Waals surface area contributed by atoms with Gasteiger partial charge in [0.25, 0.3) is 0 Å². The van der Waals surface area contributed by atoms with E-state index in [1.165, 1.54) is 0 Å². The first-order valence-corrected chi connectivity index (χ1v) is 12.6. The van der Waals surface area contributed by atoms with Gasteiger partial charge in [0, 0.05) is 41.8 Å². The summed E-state index contributed by atoms with van der Waals surface area (Å²) in [6, 6.07) is 11.8. The van der Waals surface area contributed by atoms with E-state index in [0.29, 0.717) is 19.1 Å². The molecular formula is C28H30F2N4O6. The summed E-state index contributed by atoms with van der Waals surface area (Å²) in [6.45, 7) is 2.78. The molecule has 5 N–H and O–H groups in total. The fourth-order valence-electron chi connectivity index (χ4n) is 4.78. The number of hydrogen-bond donors (Lipinski definition) is 5. The lowest BCUT2D eigenvalue weighted by atomic mass is 10.0. The third-order valence-electron chi connectivity index (χ3n) is 6.87. The van der Waals surface area contributed by atoms with Gasteiger partial charge in [0.2, 0.25) is 0 Å². The van der Waals surface area contributed by atoms with Crippen LogP contribution in [0.2, 0.25) is 0 Å². The lowest BCUT2D eigenvalue weighted by Crippen LogP contribution is -2.43. The van der Waals surface area contributed by atoms with Gasteiger partial charge in [-0.15, -0.1) is 0 Å². The summed E-state index contributed by atoms with van der Waals surface area (Å²) in [7, 11) is 1.63. The number of aliphatic hydroxyl groups is 1. The van der Waals surface area contributed by atoms with Crippen molar-refractivity contribution >= 4 is 33.7 Å². The van der Waals surface area contributed by atoms with Crippen LogP contribution >= 0.6 is 0 Å². The van der Waals surface area contributed by atoms with Crippen molar-refractivity contribution in [3.63, 3.8) is 0 Å². The van der Waals surface area contributed by atoms with E-state index in [2.05, 4.69) is 20.2 Å². The zero-order valence-corrected chi connectivity index (χ0v) is 21.7. The van der Waals surface area contributed by atoms with Gasteiger partial charge in [-0.2, -0.15) is 0 Å². The first-order valence-electron chi connectivity index (χ1n) is 12.6. The number of pyridine rings is 1. The number of likely N-dealkylation sites (tertiary alicyclic amines) is 1. The van der Waals surface area contributed by atoms with E-state index in [1.807, 2.05) is 24.3 Å². The Hall–Kier alpha value is -4.13. The number of aliphatic carboxylic acids is 2. The van der Waals surface area contributed by atoms with Crippen LogP contribution in [0.3, 0.4) is 0 Å². The number of nitrogens with zero attached hydrogens (tertiary/aromatic N) is 2. The molecule has 1 atom stereocenters. The molecule has 2 aromatic carbocycles. The molecule has 0 radical (unpaired) electrons. The van der Waals surface area contributed by atoms with Crippen molar-refractivity contribution in [3.05, 3.63) is 71.6 Å². The molecule has 0 saturated carbocycles. The van der Waals surface area contributed by atoms with Crippen molar-refractivity contribution in [2.75, 3.05) is 26.7 Å². The van der Waals surface area contributed by atoms with Gasteiger partial charge in [-0.25, -0.2) is 18.4 Å². The number of halogens is 2. The lowest BCUT2D eigenvalue weighted by Gasteiger charge is -2.33. The van der Waals surface area contributed by atoms with Gasteiger partial charge in [-0.3, -0.25) is 4.98 Å². The Balaban J connectivity index is 0.000000557. The van der Waals surface area contributed by atoms with Gasteiger partial charge in [0.1, 0.15) is 17.4 Å². The topological polar surface area (TPSA) is 148 Å². The number of carboxylic acids is 2. The van der Waals surface area contributed by atoms with Gasteiger partial charge < -0.3 is 35.3 Å². The number of fused-ring (bicyclic) bond motifs is 2. The molecule has 5 rings (SSSR count). The van der Waals surface area contributed by atoms with Crippen LogP contribution in [-0.2, 0) is 16.1 Å². The summed E-state index contributed by atoms with van der Waals surface area (Å²) in [5, 5.41) is 30.4. The molecule has 0 amide bonds. The van der Waals surface area contributed by atoms with E-state index in [4.69, 9.17) is 24.5 Å². The third kappa shape index (κ3) is 6.89. The molecule has 1 fully saturated rings. The molecule has 1 saturated heterocycles. The Morgan fingerprint density at radius 3 is 2.42 bits per heavy atom. The number of benzene rings is 2. The molecule has 212 valence electrons. The number of aromatic nitrogens is 2. The van der Waals surface area contributed by atoms with Crippen LogP contribution < -0.4 is 10.1 Å². The number of H-pyrrole nitrogens is 1. The normalized spacial score (nSPS) is 15.0. The van der Waals surface area contributed by atoms with Crippen molar-refractivity contribution in [2.45, 2.75) is 31.5 Å². The number of β-amino-alcohol motifs (C(OH)–C–C–N with tert-alkyl or cyclic N) is 1. The molecule has 3 heterocycles. The van der Waals surface area contributed by atoms with Crippen molar-refractivity contribution in [1.29, 1.82) is 0 Å². The summed E-state index contributed by atoms with van der Waals surface area (Å²) in [6.07, 6.45) is 2.96. The molecule has 0 bridgehead atoms. The number of aliphatic hydroxyl groups excluding tert-OH is 1. The Morgan fingerprint density at radius 1 is 1.07 bits per heavy atom. The predicted molar refractivity (Wildman–Crippen MR) is 143 cm³/mol. The van der Waals surface area contributed by atoms with Crippen molar-refractivity contribution < 1.29 is 38.4 Å². The number of piperidine rings is 1.